The minimum Gasteiger partial charge on any atom is -0.423 e. The van der Waals surface area contributed by atoms with Crippen molar-refractivity contribution in [3.05, 3.63) is 64.2 Å². The SMILES string of the molecule is CCc1ccc(C(=O)Oc2ccc(Cl)cc2C)cc1. The number of hydrogen-bond donors (Lipinski definition) is 0. The van der Waals surface area contributed by atoms with Crippen LogP contribution in [-0.2, 0) is 6.42 Å². The molecule has 0 N–H and O–H groups in total. The van der Waals surface area contributed by atoms with Gasteiger partial charge in [-0.1, -0.05) is 30.7 Å². The van der Waals surface area contributed by atoms with E-state index in [9.17, 15) is 4.79 Å². The molecule has 0 saturated heterocycles. The van der Waals surface area contributed by atoms with Gasteiger partial charge in [0.1, 0.15) is 5.75 Å². The van der Waals surface area contributed by atoms with E-state index >= 15 is 0 Å². The first kappa shape index (κ1) is 13.6. The third-order valence-corrected chi connectivity index (χ3v) is 3.17. The molecule has 0 fully saturated rings. The van der Waals surface area contributed by atoms with Crippen LogP contribution in [0.3, 0.4) is 0 Å². The lowest BCUT2D eigenvalue weighted by Gasteiger charge is -2.08. The Bertz CT molecular complexity index is 588. The largest absolute Gasteiger partial charge is 0.423 e. The van der Waals surface area contributed by atoms with Crippen molar-refractivity contribution in [2.45, 2.75) is 20.3 Å². The monoisotopic (exact) mass is 274 g/mol. The highest BCUT2D eigenvalue weighted by molar-refractivity contribution is 6.30. The maximum atomic E-state index is 12.0. The van der Waals surface area contributed by atoms with E-state index in [0.717, 1.165) is 12.0 Å². The standard InChI is InChI=1S/C16H15ClO2/c1-3-12-4-6-13(7-5-12)16(18)19-15-9-8-14(17)10-11(15)2/h4-10H,3H2,1-2H3. The lowest BCUT2D eigenvalue weighted by molar-refractivity contribution is 0.0733. The van der Waals surface area contributed by atoms with Gasteiger partial charge >= 0.3 is 5.97 Å². The average Bonchev–Trinajstić information content (AvgIpc) is 2.42. The Morgan fingerprint density at radius 3 is 2.42 bits per heavy atom. The molecule has 0 aromatic heterocycles. The fraction of sp³-hybridized carbons (Fsp3) is 0.188. The third kappa shape index (κ3) is 3.36. The average molecular weight is 275 g/mol. The molecule has 0 heterocycles. The second kappa shape index (κ2) is 5.89. The van der Waals surface area contributed by atoms with E-state index in [1.807, 2.05) is 19.1 Å². The lowest BCUT2D eigenvalue weighted by Crippen LogP contribution is -2.09. The maximum Gasteiger partial charge on any atom is 0.343 e. The van der Waals surface area contributed by atoms with Crippen molar-refractivity contribution in [3.63, 3.8) is 0 Å². The Morgan fingerprint density at radius 2 is 1.84 bits per heavy atom. The second-order valence-corrected chi connectivity index (χ2v) is 4.79. The molecule has 2 rings (SSSR count). The predicted molar refractivity (Wildman–Crippen MR) is 77.0 cm³/mol. The highest BCUT2D eigenvalue weighted by Gasteiger charge is 2.10. The number of aryl methyl sites for hydroxylation is 2. The van der Waals surface area contributed by atoms with Gasteiger partial charge in [0.05, 0.1) is 5.56 Å². The summed E-state index contributed by atoms with van der Waals surface area (Å²) in [5.74, 6) is 0.182. The van der Waals surface area contributed by atoms with Crippen LogP contribution in [0.5, 0.6) is 5.75 Å². The van der Waals surface area contributed by atoms with Gasteiger partial charge in [-0.3, -0.25) is 0 Å². The number of carbonyl (C=O) groups excluding carboxylic acids is 1. The molecule has 3 heteroatoms. The van der Waals surface area contributed by atoms with E-state index in [2.05, 4.69) is 6.92 Å². The molecule has 2 aromatic rings. The molecule has 0 bridgehead atoms. The van der Waals surface area contributed by atoms with Crippen molar-refractivity contribution in [1.29, 1.82) is 0 Å². The van der Waals surface area contributed by atoms with Gasteiger partial charge < -0.3 is 4.74 Å². The Balaban J connectivity index is 2.15. The summed E-state index contributed by atoms with van der Waals surface area (Å²) in [5, 5.41) is 0.629. The summed E-state index contributed by atoms with van der Waals surface area (Å²) in [5.41, 5.74) is 2.58. The molecule has 2 aromatic carbocycles. The molecule has 19 heavy (non-hydrogen) atoms. The topological polar surface area (TPSA) is 26.3 Å². The maximum absolute atomic E-state index is 12.0. The van der Waals surface area contributed by atoms with Crippen LogP contribution in [0.2, 0.25) is 5.02 Å². The number of halogens is 1. The highest BCUT2D eigenvalue weighted by Crippen LogP contribution is 2.22. The van der Waals surface area contributed by atoms with Gasteiger partial charge in [0.2, 0.25) is 0 Å². The van der Waals surface area contributed by atoms with E-state index in [-0.39, 0.29) is 5.97 Å². The molecule has 98 valence electrons. The zero-order valence-electron chi connectivity index (χ0n) is 10.9. The first-order valence-electron chi connectivity index (χ1n) is 6.17. The molecule has 0 aliphatic carbocycles. The van der Waals surface area contributed by atoms with Gasteiger partial charge in [-0.25, -0.2) is 4.79 Å². The number of esters is 1. The summed E-state index contributed by atoms with van der Waals surface area (Å²) in [7, 11) is 0. The molecule has 0 radical (unpaired) electrons. The number of carbonyl (C=O) groups is 1. The number of benzene rings is 2. The minimum atomic E-state index is -0.354. The number of rotatable bonds is 3. The van der Waals surface area contributed by atoms with E-state index in [1.165, 1.54) is 5.56 Å². The second-order valence-electron chi connectivity index (χ2n) is 4.35. The molecule has 0 unspecified atom stereocenters. The van der Waals surface area contributed by atoms with Gasteiger partial charge in [-0.2, -0.15) is 0 Å². The van der Waals surface area contributed by atoms with Crippen LogP contribution in [-0.4, -0.2) is 5.97 Å². The molecule has 0 aliphatic heterocycles. The van der Waals surface area contributed by atoms with Crippen molar-refractivity contribution in [2.24, 2.45) is 0 Å². The number of hydrogen-bond acceptors (Lipinski definition) is 2. The van der Waals surface area contributed by atoms with Crippen LogP contribution in [0.4, 0.5) is 0 Å². The van der Waals surface area contributed by atoms with Crippen molar-refractivity contribution >= 4 is 17.6 Å². The summed E-state index contributed by atoms with van der Waals surface area (Å²) < 4.78 is 5.36. The Hall–Kier alpha value is -1.80. The lowest BCUT2D eigenvalue weighted by atomic mass is 10.1. The number of ether oxygens (including phenoxy) is 1. The first-order valence-corrected chi connectivity index (χ1v) is 6.55. The van der Waals surface area contributed by atoms with Crippen molar-refractivity contribution in [1.82, 2.24) is 0 Å². The quantitative estimate of drug-likeness (QED) is 0.611. The van der Waals surface area contributed by atoms with E-state index in [1.54, 1.807) is 30.3 Å². The molecule has 0 saturated carbocycles. The molecule has 2 nitrogen and oxygen atoms in total. The van der Waals surface area contributed by atoms with Crippen LogP contribution in [0.15, 0.2) is 42.5 Å². The van der Waals surface area contributed by atoms with Gasteiger partial charge in [0, 0.05) is 5.02 Å². The molecule has 0 atom stereocenters. The van der Waals surface area contributed by atoms with E-state index < -0.39 is 0 Å². The van der Waals surface area contributed by atoms with Gasteiger partial charge in [-0.05, 0) is 54.8 Å². The van der Waals surface area contributed by atoms with E-state index in [4.69, 9.17) is 16.3 Å². The molecule has 0 spiro atoms. The van der Waals surface area contributed by atoms with Gasteiger partial charge in [-0.15, -0.1) is 0 Å². The Labute approximate surface area is 118 Å². The Morgan fingerprint density at radius 1 is 1.16 bits per heavy atom. The van der Waals surface area contributed by atoms with Gasteiger partial charge in [0.25, 0.3) is 0 Å². The molecular formula is C16H15ClO2. The van der Waals surface area contributed by atoms with E-state index in [0.29, 0.717) is 16.3 Å². The summed E-state index contributed by atoms with van der Waals surface area (Å²) in [6.07, 6.45) is 0.950. The van der Waals surface area contributed by atoms with Crippen LogP contribution in [0.1, 0.15) is 28.4 Å². The molecule has 0 amide bonds. The summed E-state index contributed by atoms with van der Waals surface area (Å²) in [4.78, 5) is 12.0. The highest BCUT2D eigenvalue weighted by atomic mass is 35.5. The zero-order chi connectivity index (χ0) is 13.8. The van der Waals surface area contributed by atoms with Crippen LogP contribution in [0, 0.1) is 6.92 Å². The fourth-order valence-electron chi connectivity index (χ4n) is 1.76. The Kier molecular flexibility index (Phi) is 4.23. The summed E-state index contributed by atoms with van der Waals surface area (Å²) in [6, 6.07) is 12.6. The smallest absolute Gasteiger partial charge is 0.343 e. The summed E-state index contributed by atoms with van der Waals surface area (Å²) in [6.45, 7) is 3.93. The van der Waals surface area contributed by atoms with Crippen LogP contribution < -0.4 is 4.74 Å². The van der Waals surface area contributed by atoms with Crippen molar-refractivity contribution in [2.75, 3.05) is 0 Å². The summed E-state index contributed by atoms with van der Waals surface area (Å²) >= 11 is 5.86. The normalized spacial score (nSPS) is 10.3. The predicted octanol–water partition coefficient (Wildman–Crippen LogP) is 4.43. The first-order chi connectivity index (χ1) is 9.10. The third-order valence-electron chi connectivity index (χ3n) is 2.94. The van der Waals surface area contributed by atoms with Gasteiger partial charge in [0.15, 0.2) is 0 Å². The minimum absolute atomic E-state index is 0.354. The molecular weight excluding hydrogens is 260 g/mol. The van der Waals surface area contributed by atoms with Crippen molar-refractivity contribution in [3.8, 4) is 5.75 Å². The fourth-order valence-corrected chi connectivity index (χ4v) is 1.99. The van der Waals surface area contributed by atoms with Crippen molar-refractivity contribution < 1.29 is 9.53 Å². The van der Waals surface area contributed by atoms with Crippen LogP contribution in [0.25, 0.3) is 0 Å². The molecule has 0 aliphatic rings. The zero-order valence-corrected chi connectivity index (χ0v) is 11.7. The van der Waals surface area contributed by atoms with Crippen LogP contribution >= 0.6 is 11.6 Å².